The Hall–Kier alpha value is -1.32. The van der Waals surface area contributed by atoms with Gasteiger partial charge in [0.15, 0.2) is 0 Å². The third-order valence-electron chi connectivity index (χ3n) is 5.94. The molecule has 1 aliphatic heterocycles. The quantitative estimate of drug-likeness (QED) is 0.586. The summed E-state index contributed by atoms with van der Waals surface area (Å²) >= 11 is 0. The van der Waals surface area contributed by atoms with Crippen LogP contribution in [0.3, 0.4) is 0 Å². The predicted octanol–water partition coefficient (Wildman–Crippen LogP) is 2.23. The molecule has 4 nitrogen and oxygen atoms in total. The van der Waals surface area contributed by atoms with Crippen molar-refractivity contribution in [2.45, 2.75) is 50.7 Å². The van der Waals surface area contributed by atoms with Gasteiger partial charge in [0, 0.05) is 17.4 Å². The van der Waals surface area contributed by atoms with Gasteiger partial charge in [-0.3, -0.25) is 4.79 Å². The summed E-state index contributed by atoms with van der Waals surface area (Å²) < 4.78 is 11.3. The fourth-order valence-electron chi connectivity index (χ4n) is 5.04. The molecule has 0 N–H and O–H groups in total. The van der Waals surface area contributed by atoms with Gasteiger partial charge in [0.25, 0.3) is 0 Å². The molecule has 20 heavy (non-hydrogen) atoms. The predicted molar refractivity (Wildman–Crippen MR) is 70.6 cm³/mol. The average molecular weight is 276 g/mol. The molecule has 0 spiro atoms. The summed E-state index contributed by atoms with van der Waals surface area (Å²) in [5, 5.41) is 0. The molecule has 3 saturated carbocycles. The second-order valence-electron chi connectivity index (χ2n) is 7.01. The van der Waals surface area contributed by atoms with Gasteiger partial charge in [0.1, 0.15) is 11.7 Å². The lowest BCUT2D eigenvalue weighted by Gasteiger charge is -2.49. The zero-order chi connectivity index (χ0) is 14.1. The van der Waals surface area contributed by atoms with Gasteiger partial charge in [-0.05, 0) is 44.9 Å². The van der Waals surface area contributed by atoms with Gasteiger partial charge < -0.3 is 9.47 Å². The van der Waals surface area contributed by atoms with Crippen LogP contribution in [0.25, 0.3) is 0 Å². The minimum absolute atomic E-state index is 0.0306. The molecule has 2 bridgehead atoms. The lowest BCUT2D eigenvalue weighted by atomic mass is 9.62. The number of carbonyl (C=O) groups is 2. The summed E-state index contributed by atoms with van der Waals surface area (Å²) in [6.45, 7) is 5.34. The van der Waals surface area contributed by atoms with Crippen molar-refractivity contribution in [1.29, 1.82) is 0 Å². The lowest BCUT2D eigenvalue weighted by Crippen LogP contribution is -2.53. The number of ether oxygens (including phenoxy) is 2. The average Bonchev–Trinajstić information content (AvgIpc) is 2.94. The van der Waals surface area contributed by atoms with E-state index in [9.17, 15) is 9.59 Å². The van der Waals surface area contributed by atoms with Crippen molar-refractivity contribution in [2.75, 3.05) is 0 Å². The van der Waals surface area contributed by atoms with Crippen LogP contribution in [0.2, 0.25) is 0 Å². The molecule has 0 aromatic carbocycles. The molecule has 0 aromatic rings. The first-order valence-corrected chi connectivity index (χ1v) is 7.61. The number of hydrogen-bond acceptors (Lipinski definition) is 4. The molecule has 108 valence electrons. The van der Waals surface area contributed by atoms with Crippen molar-refractivity contribution in [1.82, 2.24) is 0 Å². The Balaban J connectivity index is 1.64. The molecule has 0 radical (unpaired) electrons. The lowest BCUT2D eigenvalue weighted by molar-refractivity contribution is -0.184. The second kappa shape index (κ2) is 3.86. The van der Waals surface area contributed by atoms with Gasteiger partial charge >= 0.3 is 11.9 Å². The summed E-state index contributed by atoms with van der Waals surface area (Å²) in [5.74, 6) is 0.643. The fraction of sp³-hybridized carbons (Fsp3) is 0.750. The van der Waals surface area contributed by atoms with Crippen molar-refractivity contribution in [3.05, 3.63) is 12.2 Å². The second-order valence-corrected chi connectivity index (χ2v) is 7.01. The van der Waals surface area contributed by atoms with Gasteiger partial charge in [-0.25, -0.2) is 4.79 Å². The molecule has 5 atom stereocenters. The molecule has 4 fully saturated rings. The van der Waals surface area contributed by atoms with Crippen molar-refractivity contribution in [3.8, 4) is 0 Å². The number of hydrogen-bond donors (Lipinski definition) is 0. The van der Waals surface area contributed by atoms with Crippen LogP contribution in [0, 0.1) is 23.7 Å². The van der Waals surface area contributed by atoms with Crippen molar-refractivity contribution in [3.63, 3.8) is 0 Å². The summed E-state index contributed by atoms with van der Waals surface area (Å²) in [4.78, 5) is 24.1. The molecule has 0 aromatic heterocycles. The molecule has 4 aliphatic rings. The van der Waals surface area contributed by atoms with Crippen LogP contribution >= 0.6 is 0 Å². The Morgan fingerprint density at radius 3 is 2.75 bits per heavy atom. The van der Waals surface area contributed by atoms with E-state index in [4.69, 9.17) is 9.47 Å². The minimum Gasteiger partial charge on any atom is -0.462 e. The topological polar surface area (TPSA) is 52.6 Å². The molecule has 4 heteroatoms. The Kier molecular flexibility index (Phi) is 2.40. The molecular weight excluding hydrogens is 256 g/mol. The van der Waals surface area contributed by atoms with Crippen LogP contribution in [0.5, 0.6) is 0 Å². The van der Waals surface area contributed by atoms with Crippen molar-refractivity contribution in [2.24, 2.45) is 23.7 Å². The molecule has 5 unspecified atom stereocenters. The molecule has 1 heterocycles. The molecule has 4 rings (SSSR count). The van der Waals surface area contributed by atoms with Gasteiger partial charge in [-0.1, -0.05) is 6.58 Å². The summed E-state index contributed by atoms with van der Waals surface area (Å²) in [7, 11) is 0. The molecule has 3 aliphatic carbocycles. The highest BCUT2D eigenvalue weighted by Crippen LogP contribution is 2.64. The first-order chi connectivity index (χ1) is 9.52. The Labute approximate surface area is 118 Å². The van der Waals surface area contributed by atoms with Crippen LogP contribution in [0.1, 0.15) is 39.0 Å². The summed E-state index contributed by atoms with van der Waals surface area (Å²) in [6, 6.07) is 0. The minimum atomic E-state index is -0.422. The highest BCUT2D eigenvalue weighted by molar-refractivity contribution is 5.87. The van der Waals surface area contributed by atoms with E-state index in [0.29, 0.717) is 17.4 Å². The maximum Gasteiger partial charge on any atom is 0.333 e. The van der Waals surface area contributed by atoms with E-state index in [1.54, 1.807) is 6.92 Å². The third kappa shape index (κ3) is 1.42. The number of rotatable bonds is 3. The van der Waals surface area contributed by atoms with Crippen molar-refractivity contribution >= 4 is 11.9 Å². The van der Waals surface area contributed by atoms with E-state index < -0.39 is 5.60 Å². The molecule has 0 amide bonds. The Bertz CT molecular complexity index is 503. The first kappa shape index (κ1) is 12.4. The van der Waals surface area contributed by atoms with E-state index in [1.165, 1.54) is 0 Å². The maximum absolute atomic E-state index is 12.1. The fourth-order valence-corrected chi connectivity index (χ4v) is 5.04. The number of esters is 2. The van der Waals surface area contributed by atoms with Gasteiger partial charge in [-0.2, -0.15) is 0 Å². The third-order valence-corrected chi connectivity index (χ3v) is 5.94. The first-order valence-electron chi connectivity index (χ1n) is 7.61. The Morgan fingerprint density at radius 2 is 2.15 bits per heavy atom. The van der Waals surface area contributed by atoms with Crippen LogP contribution in [-0.4, -0.2) is 23.6 Å². The van der Waals surface area contributed by atoms with E-state index in [-0.39, 0.29) is 29.9 Å². The monoisotopic (exact) mass is 276 g/mol. The van der Waals surface area contributed by atoms with E-state index >= 15 is 0 Å². The molecular formula is C16H20O4. The summed E-state index contributed by atoms with van der Waals surface area (Å²) in [6.07, 6.45) is 5.01. The van der Waals surface area contributed by atoms with Crippen LogP contribution in [0.15, 0.2) is 12.2 Å². The SMILES string of the molecule is C=C(C)C(=O)OC1(C2C3CC4OC(=O)C2C4C3)CCC1. The maximum atomic E-state index is 12.1. The normalized spacial score (nSPS) is 43.0. The van der Waals surface area contributed by atoms with E-state index in [1.807, 2.05) is 0 Å². The van der Waals surface area contributed by atoms with Gasteiger partial charge in [-0.15, -0.1) is 0 Å². The van der Waals surface area contributed by atoms with E-state index in [2.05, 4.69) is 6.58 Å². The largest absolute Gasteiger partial charge is 0.462 e. The molecule has 1 saturated heterocycles. The Morgan fingerprint density at radius 1 is 1.40 bits per heavy atom. The van der Waals surface area contributed by atoms with Gasteiger partial charge in [0.05, 0.1) is 5.92 Å². The van der Waals surface area contributed by atoms with Crippen LogP contribution in [-0.2, 0) is 19.1 Å². The highest BCUT2D eigenvalue weighted by atomic mass is 16.6. The number of carbonyl (C=O) groups excluding carboxylic acids is 2. The zero-order valence-corrected chi connectivity index (χ0v) is 11.8. The van der Waals surface area contributed by atoms with Crippen molar-refractivity contribution < 1.29 is 19.1 Å². The van der Waals surface area contributed by atoms with Crippen LogP contribution in [0.4, 0.5) is 0 Å². The zero-order valence-electron chi connectivity index (χ0n) is 11.8. The number of fused-ring (bicyclic) bond motifs is 1. The van der Waals surface area contributed by atoms with Crippen LogP contribution < -0.4 is 0 Å². The van der Waals surface area contributed by atoms with Gasteiger partial charge in [0.2, 0.25) is 0 Å². The summed E-state index contributed by atoms with van der Waals surface area (Å²) in [5.41, 5.74) is 0.0142. The van der Waals surface area contributed by atoms with E-state index in [0.717, 1.165) is 32.1 Å². The standard InChI is InChI=1S/C16H20O4/c1-8(2)14(17)20-16(4-3-5-16)13-9-6-10-11(7-9)19-15(18)12(10)13/h9-13H,1,3-7H2,2H3. The highest BCUT2D eigenvalue weighted by Gasteiger charge is 2.68. The smallest absolute Gasteiger partial charge is 0.333 e.